The predicted molar refractivity (Wildman–Crippen MR) is 67.4 cm³/mol. The summed E-state index contributed by atoms with van der Waals surface area (Å²) in [5.41, 5.74) is 6.51. The zero-order valence-corrected chi connectivity index (χ0v) is 10.1. The summed E-state index contributed by atoms with van der Waals surface area (Å²) in [5, 5.41) is 10.3. The summed E-state index contributed by atoms with van der Waals surface area (Å²) in [5.74, 6) is -1.96. The summed E-state index contributed by atoms with van der Waals surface area (Å²) in [6, 6.07) is 6.52. The predicted octanol–water partition coefficient (Wildman–Crippen LogP) is 2.14. The van der Waals surface area contributed by atoms with E-state index in [2.05, 4.69) is 4.98 Å². The maximum absolute atomic E-state index is 13.2. The molecule has 0 amide bonds. The zero-order valence-electron chi connectivity index (χ0n) is 10.1. The Bertz CT molecular complexity index is 528. The second-order valence-corrected chi connectivity index (χ2v) is 4.28. The van der Waals surface area contributed by atoms with E-state index >= 15 is 0 Å². The molecule has 2 unspecified atom stereocenters. The second-order valence-electron chi connectivity index (χ2n) is 4.28. The minimum absolute atomic E-state index is 0.0684. The van der Waals surface area contributed by atoms with Gasteiger partial charge in [-0.3, -0.25) is 4.98 Å². The first kappa shape index (κ1) is 13.6. The summed E-state index contributed by atoms with van der Waals surface area (Å²) < 4.78 is 26.4. The number of halogens is 2. The fraction of sp³-hybridized carbons (Fsp3) is 0.214. The van der Waals surface area contributed by atoms with Gasteiger partial charge >= 0.3 is 0 Å². The van der Waals surface area contributed by atoms with E-state index in [4.69, 9.17) is 5.73 Å². The number of hydrogen-bond donors (Lipinski definition) is 2. The number of nitrogens with zero attached hydrogens (tertiary/aromatic N) is 1. The molecule has 0 fully saturated rings. The maximum atomic E-state index is 13.2. The van der Waals surface area contributed by atoms with Crippen LogP contribution in [0.1, 0.15) is 23.1 Å². The normalized spacial score (nSPS) is 14.1. The second kappa shape index (κ2) is 5.86. The number of nitrogens with two attached hydrogens (primary N) is 1. The van der Waals surface area contributed by atoms with Gasteiger partial charge in [-0.15, -0.1) is 0 Å². The van der Waals surface area contributed by atoms with Crippen LogP contribution in [0.5, 0.6) is 0 Å². The molecule has 0 aliphatic rings. The SMILES string of the molecule is NCC(c1cc(F)cc(F)c1)C(O)c1cccnc1. The number of aliphatic hydroxyl groups is 1. The van der Waals surface area contributed by atoms with Gasteiger partial charge < -0.3 is 10.8 Å². The van der Waals surface area contributed by atoms with E-state index in [0.717, 1.165) is 6.07 Å². The standard InChI is InChI=1S/C14H14F2N2O/c15-11-4-10(5-12(16)6-11)13(7-17)14(19)9-2-1-3-18-8-9/h1-6,8,13-14,19H,7,17H2. The van der Waals surface area contributed by atoms with Crippen LogP contribution in [0, 0.1) is 11.6 Å². The minimum Gasteiger partial charge on any atom is -0.388 e. The van der Waals surface area contributed by atoms with Gasteiger partial charge in [0.05, 0.1) is 6.10 Å². The van der Waals surface area contributed by atoms with E-state index in [0.29, 0.717) is 11.1 Å². The van der Waals surface area contributed by atoms with Crippen LogP contribution < -0.4 is 5.73 Å². The van der Waals surface area contributed by atoms with Crippen molar-refractivity contribution < 1.29 is 13.9 Å². The lowest BCUT2D eigenvalue weighted by molar-refractivity contribution is 0.147. The molecule has 0 radical (unpaired) electrons. The van der Waals surface area contributed by atoms with Crippen LogP contribution in [0.3, 0.4) is 0 Å². The van der Waals surface area contributed by atoms with Crippen LogP contribution in [-0.4, -0.2) is 16.6 Å². The van der Waals surface area contributed by atoms with Gasteiger partial charge in [-0.25, -0.2) is 8.78 Å². The molecule has 0 saturated heterocycles. The third kappa shape index (κ3) is 3.13. The van der Waals surface area contributed by atoms with E-state index < -0.39 is 23.7 Å². The van der Waals surface area contributed by atoms with Gasteiger partial charge in [-0.1, -0.05) is 6.07 Å². The van der Waals surface area contributed by atoms with Crippen LogP contribution in [0.2, 0.25) is 0 Å². The van der Waals surface area contributed by atoms with Crippen molar-refractivity contribution in [1.82, 2.24) is 4.98 Å². The molecule has 3 N–H and O–H groups in total. The molecule has 2 aromatic rings. The summed E-state index contributed by atoms with van der Waals surface area (Å²) in [6.45, 7) is 0.0684. The molecule has 100 valence electrons. The lowest BCUT2D eigenvalue weighted by atomic mass is 9.90. The number of benzene rings is 1. The van der Waals surface area contributed by atoms with E-state index in [1.807, 2.05) is 0 Å². The highest BCUT2D eigenvalue weighted by Gasteiger charge is 2.22. The van der Waals surface area contributed by atoms with Crippen LogP contribution in [0.25, 0.3) is 0 Å². The Morgan fingerprint density at radius 1 is 1.16 bits per heavy atom. The van der Waals surface area contributed by atoms with Crippen molar-refractivity contribution in [3.63, 3.8) is 0 Å². The molecule has 0 bridgehead atoms. The van der Waals surface area contributed by atoms with Gasteiger partial charge in [0.25, 0.3) is 0 Å². The van der Waals surface area contributed by atoms with Crippen molar-refractivity contribution in [3.05, 3.63) is 65.5 Å². The topological polar surface area (TPSA) is 59.1 Å². The number of pyridine rings is 1. The molecular formula is C14H14F2N2O. The summed E-state index contributed by atoms with van der Waals surface area (Å²) >= 11 is 0. The van der Waals surface area contributed by atoms with Gasteiger partial charge in [0, 0.05) is 30.9 Å². The van der Waals surface area contributed by atoms with Gasteiger partial charge in [-0.2, -0.15) is 0 Å². The maximum Gasteiger partial charge on any atom is 0.126 e. The molecule has 1 aromatic heterocycles. The molecule has 0 spiro atoms. The van der Waals surface area contributed by atoms with Crippen molar-refractivity contribution in [2.24, 2.45) is 5.73 Å². The van der Waals surface area contributed by atoms with Crippen LogP contribution in [0.4, 0.5) is 8.78 Å². The summed E-state index contributed by atoms with van der Waals surface area (Å²) in [6.07, 6.45) is 2.12. The number of hydrogen-bond acceptors (Lipinski definition) is 3. The van der Waals surface area contributed by atoms with Gasteiger partial charge in [-0.05, 0) is 29.3 Å². The first-order valence-electron chi connectivity index (χ1n) is 5.86. The third-order valence-electron chi connectivity index (χ3n) is 2.97. The monoisotopic (exact) mass is 264 g/mol. The van der Waals surface area contributed by atoms with Gasteiger partial charge in [0.15, 0.2) is 0 Å². The Kier molecular flexibility index (Phi) is 4.19. The summed E-state index contributed by atoms with van der Waals surface area (Å²) in [7, 11) is 0. The van der Waals surface area contributed by atoms with Gasteiger partial charge in [0.2, 0.25) is 0 Å². The van der Waals surface area contributed by atoms with Crippen molar-refractivity contribution in [2.45, 2.75) is 12.0 Å². The first-order valence-corrected chi connectivity index (χ1v) is 5.86. The van der Waals surface area contributed by atoms with E-state index in [1.54, 1.807) is 18.3 Å². The molecule has 2 atom stereocenters. The lowest BCUT2D eigenvalue weighted by Gasteiger charge is -2.22. The highest BCUT2D eigenvalue weighted by molar-refractivity contribution is 5.27. The van der Waals surface area contributed by atoms with E-state index in [-0.39, 0.29) is 6.54 Å². The molecule has 3 nitrogen and oxygen atoms in total. The average molecular weight is 264 g/mol. The molecule has 1 aromatic carbocycles. The van der Waals surface area contributed by atoms with E-state index in [9.17, 15) is 13.9 Å². The Morgan fingerprint density at radius 2 is 1.84 bits per heavy atom. The Morgan fingerprint density at radius 3 is 2.37 bits per heavy atom. The highest BCUT2D eigenvalue weighted by atomic mass is 19.1. The highest BCUT2D eigenvalue weighted by Crippen LogP contribution is 2.30. The quantitative estimate of drug-likeness (QED) is 0.889. The van der Waals surface area contributed by atoms with Crippen molar-refractivity contribution in [1.29, 1.82) is 0 Å². The summed E-state index contributed by atoms with van der Waals surface area (Å²) in [4.78, 5) is 3.90. The number of rotatable bonds is 4. The molecule has 0 aliphatic heterocycles. The molecule has 5 heteroatoms. The molecule has 0 saturated carbocycles. The average Bonchev–Trinajstić information content (AvgIpc) is 2.39. The van der Waals surface area contributed by atoms with Crippen molar-refractivity contribution >= 4 is 0 Å². The molecule has 0 aliphatic carbocycles. The van der Waals surface area contributed by atoms with Crippen molar-refractivity contribution in [3.8, 4) is 0 Å². The Hall–Kier alpha value is -1.85. The fourth-order valence-electron chi connectivity index (χ4n) is 2.02. The number of aliphatic hydroxyl groups excluding tert-OH is 1. The smallest absolute Gasteiger partial charge is 0.126 e. The molecule has 1 heterocycles. The fourth-order valence-corrected chi connectivity index (χ4v) is 2.02. The molecule has 19 heavy (non-hydrogen) atoms. The van der Waals surface area contributed by atoms with Crippen molar-refractivity contribution in [2.75, 3.05) is 6.54 Å². The molecule has 2 rings (SSSR count). The third-order valence-corrected chi connectivity index (χ3v) is 2.97. The molecular weight excluding hydrogens is 250 g/mol. The van der Waals surface area contributed by atoms with Crippen LogP contribution in [-0.2, 0) is 0 Å². The van der Waals surface area contributed by atoms with Gasteiger partial charge in [0.1, 0.15) is 11.6 Å². The van der Waals surface area contributed by atoms with Crippen LogP contribution >= 0.6 is 0 Å². The largest absolute Gasteiger partial charge is 0.388 e. The Balaban J connectivity index is 2.34. The first-order chi connectivity index (χ1) is 9.11. The van der Waals surface area contributed by atoms with Crippen LogP contribution in [0.15, 0.2) is 42.7 Å². The minimum atomic E-state index is -0.958. The lowest BCUT2D eigenvalue weighted by Crippen LogP contribution is -2.20. The van der Waals surface area contributed by atoms with E-state index in [1.165, 1.54) is 18.3 Å². The number of aromatic nitrogens is 1. The zero-order chi connectivity index (χ0) is 13.8. The Labute approximate surface area is 109 Å².